The number of hydrogen-bond donors (Lipinski definition) is 1. The summed E-state index contributed by atoms with van der Waals surface area (Å²) in [6.07, 6.45) is 2.19. The van der Waals surface area contributed by atoms with Crippen molar-refractivity contribution in [3.8, 4) is 5.69 Å². The van der Waals surface area contributed by atoms with E-state index in [1.54, 1.807) is 48.3 Å². The third-order valence-electron chi connectivity index (χ3n) is 2.46. The van der Waals surface area contributed by atoms with E-state index in [0.717, 1.165) is 5.69 Å². The number of nitrogens with zero attached hydrogens (tertiary/aromatic N) is 2. The minimum absolute atomic E-state index is 0.245. The van der Waals surface area contributed by atoms with E-state index in [-0.39, 0.29) is 6.61 Å². The molecule has 2 rings (SSSR count). The first-order valence-corrected chi connectivity index (χ1v) is 5.67. The van der Waals surface area contributed by atoms with Crippen LogP contribution in [0, 0.1) is 0 Å². The third kappa shape index (κ3) is 2.57. The number of hydrogen-bond acceptors (Lipinski definition) is 4. The molecule has 1 aromatic heterocycles. The number of esters is 1. The van der Waals surface area contributed by atoms with E-state index in [9.17, 15) is 9.90 Å². The summed E-state index contributed by atoms with van der Waals surface area (Å²) in [5.41, 5.74) is 1.27. The first kappa shape index (κ1) is 12.3. The zero-order valence-corrected chi connectivity index (χ0v) is 9.98. The maximum Gasteiger partial charge on any atom is 0.339 e. The Morgan fingerprint density at radius 3 is 3.00 bits per heavy atom. The molecule has 0 aliphatic heterocycles. The van der Waals surface area contributed by atoms with Crippen LogP contribution < -0.4 is 0 Å². The highest BCUT2D eigenvalue weighted by Crippen LogP contribution is 2.17. The Morgan fingerprint density at radius 2 is 2.33 bits per heavy atom. The van der Waals surface area contributed by atoms with Gasteiger partial charge in [0.15, 0.2) is 6.10 Å². The van der Waals surface area contributed by atoms with Crippen LogP contribution in [-0.4, -0.2) is 27.5 Å². The van der Waals surface area contributed by atoms with E-state index in [1.165, 1.54) is 0 Å². The molecule has 1 unspecified atom stereocenters. The molecule has 1 heterocycles. The van der Waals surface area contributed by atoms with Crippen LogP contribution in [0.2, 0.25) is 0 Å². The lowest BCUT2D eigenvalue weighted by Crippen LogP contribution is -2.15. The fourth-order valence-electron chi connectivity index (χ4n) is 1.62. The highest BCUT2D eigenvalue weighted by atomic mass is 16.5. The van der Waals surface area contributed by atoms with Crippen LogP contribution in [0.5, 0.6) is 0 Å². The summed E-state index contributed by atoms with van der Waals surface area (Å²) in [4.78, 5) is 11.4. The van der Waals surface area contributed by atoms with Crippen molar-refractivity contribution < 1.29 is 14.6 Å². The van der Waals surface area contributed by atoms with Crippen molar-refractivity contribution in [1.82, 2.24) is 9.78 Å². The second-order valence-corrected chi connectivity index (χ2v) is 3.70. The number of rotatable bonds is 4. The van der Waals surface area contributed by atoms with Gasteiger partial charge in [0.05, 0.1) is 12.3 Å². The molecule has 0 saturated heterocycles. The monoisotopic (exact) mass is 246 g/mol. The van der Waals surface area contributed by atoms with E-state index >= 15 is 0 Å². The summed E-state index contributed by atoms with van der Waals surface area (Å²) in [5, 5.41) is 13.9. The Bertz CT molecular complexity index is 523. The maximum absolute atomic E-state index is 11.4. The van der Waals surface area contributed by atoms with Gasteiger partial charge in [0.2, 0.25) is 0 Å². The van der Waals surface area contributed by atoms with Crippen molar-refractivity contribution in [2.45, 2.75) is 13.0 Å². The van der Waals surface area contributed by atoms with E-state index in [0.29, 0.717) is 5.56 Å². The van der Waals surface area contributed by atoms with Crippen molar-refractivity contribution in [3.05, 3.63) is 48.3 Å². The average molecular weight is 246 g/mol. The van der Waals surface area contributed by atoms with Crippen molar-refractivity contribution in [2.24, 2.45) is 0 Å². The van der Waals surface area contributed by atoms with E-state index in [4.69, 9.17) is 4.74 Å². The molecule has 1 N–H and O–H groups in total. The fourth-order valence-corrected chi connectivity index (χ4v) is 1.62. The number of aromatic nitrogens is 2. The van der Waals surface area contributed by atoms with Gasteiger partial charge in [-0.25, -0.2) is 9.48 Å². The first-order valence-electron chi connectivity index (χ1n) is 5.67. The zero-order chi connectivity index (χ0) is 13.0. The Hall–Kier alpha value is -2.14. The highest BCUT2D eigenvalue weighted by molar-refractivity contribution is 5.76. The van der Waals surface area contributed by atoms with Gasteiger partial charge >= 0.3 is 5.97 Å². The smallest absolute Gasteiger partial charge is 0.339 e. The van der Waals surface area contributed by atoms with Crippen LogP contribution in [-0.2, 0) is 9.53 Å². The molecule has 2 aromatic rings. The highest BCUT2D eigenvalue weighted by Gasteiger charge is 2.18. The molecule has 0 aliphatic rings. The molecular formula is C13H14N2O3. The third-order valence-corrected chi connectivity index (χ3v) is 2.46. The van der Waals surface area contributed by atoms with Gasteiger partial charge in [-0.1, -0.05) is 12.1 Å². The number of carbonyl (C=O) groups excluding carboxylic acids is 1. The van der Waals surface area contributed by atoms with Crippen LogP contribution in [0.3, 0.4) is 0 Å². The van der Waals surface area contributed by atoms with Gasteiger partial charge in [0.25, 0.3) is 0 Å². The summed E-state index contributed by atoms with van der Waals surface area (Å²) in [5.74, 6) is -0.643. The maximum atomic E-state index is 11.4. The van der Waals surface area contributed by atoms with Gasteiger partial charge in [-0.2, -0.15) is 5.10 Å². The Balaban J connectivity index is 2.25. The predicted molar refractivity (Wildman–Crippen MR) is 65.2 cm³/mol. The molecule has 0 spiro atoms. The van der Waals surface area contributed by atoms with Crippen LogP contribution in [0.4, 0.5) is 0 Å². The van der Waals surface area contributed by atoms with Crippen LogP contribution in [0.25, 0.3) is 5.69 Å². The molecule has 0 amide bonds. The molecule has 5 nitrogen and oxygen atoms in total. The molecule has 0 radical (unpaired) electrons. The largest absolute Gasteiger partial charge is 0.464 e. The zero-order valence-electron chi connectivity index (χ0n) is 9.98. The van der Waals surface area contributed by atoms with Crippen molar-refractivity contribution in [3.63, 3.8) is 0 Å². The summed E-state index contributed by atoms with van der Waals surface area (Å²) in [7, 11) is 0. The SMILES string of the molecule is CCOC(=O)C(O)c1cccc(-n2cccn2)c1. The lowest BCUT2D eigenvalue weighted by molar-refractivity contribution is -0.153. The Kier molecular flexibility index (Phi) is 3.74. The van der Waals surface area contributed by atoms with Crippen molar-refractivity contribution in [1.29, 1.82) is 0 Å². The quantitative estimate of drug-likeness (QED) is 0.830. The minimum Gasteiger partial charge on any atom is -0.464 e. The van der Waals surface area contributed by atoms with Crippen LogP contribution in [0.1, 0.15) is 18.6 Å². The van der Waals surface area contributed by atoms with E-state index < -0.39 is 12.1 Å². The van der Waals surface area contributed by atoms with Gasteiger partial charge in [0.1, 0.15) is 0 Å². The van der Waals surface area contributed by atoms with E-state index in [1.807, 2.05) is 6.07 Å². The summed E-state index contributed by atoms with van der Waals surface area (Å²) in [6.45, 7) is 1.94. The molecule has 18 heavy (non-hydrogen) atoms. The standard InChI is InChI=1S/C13H14N2O3/c1-2-18-13(17)12(16)10-5-3-6-11(9-10)15-8-4-7-14-15/h3-9,12,16H,2H2,1H3. The molecule has 0 aliphatic carbocycles. The summed E-state index contributed by atoms with van der Waals surface area (Å²) >= 11 is 0. The van der Waals surface area contributed by atoms with Gasteiger partial charge in [-0.15, -0.1) is 0 Å². The topological polar surface area (TPSA) is 64.3 Å². The second kappa shape index (κ2) is 5.46. The second-order valence-electron chi connectivity index (χ2n) is 3.70. The number of aliphatic hydroxyl groups is 1. The fraction of sp³-hybridized carbons (Fsp3) is 0.231. The van der Waals surface area contributed by atoms with Crippen LogP contribution >= 0.6 is 0 Å². The molecule has 94 valence electrons. The normalized spacial score (nSPS) is 12.1. The van der Waals surface area contributed by atoms with Gasteiger partial charge < -0.3 is 9.84 Å². The molecule has 5 heteroatoms. The summed E-state index contributed by atoms with van der Waals surface area (Å²) in [6, 6.07) is 8.78. The lowest BCUT2D eigenvalue weighted by Gasteiger charge is -2.11. The molecule has 0 fully saturated rings. The van der Waals surface area contributed by atoms with Crippen LogP contribution in [0.15, 0.2) is 42.7 Å². The van der Waals surface area contributed by atoms with Gasteiger partial charge in [-0.05, 0) is 30.7 Å². The Labute approximate surface area is 105 Å². The molecule has 0 saturated carbocycles. The van der Waals surface area contributed by atoms with Gasteiger partial charge in [-0.3, -0.25) is 0 Å². The summed E-state index contributed by atoms with van der Waals surface area (Å²) < 4.78 is 6.43. The first-order chi connectivity index (χ1) is 8.72. The molecule has 1 aromatic carbocycles. The predicted octanol–water partition coefficient (Wildman–Crippen LogP) is 1.47. The molecular weight excluding hydrogens is 232 g/mol. The molecule has 0 bridgehead atoms. The Morgan fingerprint density at radius 1 is 1.50 bits per heavy atom. The van der Waals surface area contributed by atoms with E-state index in [2.05, 4.69) is 5.10 Å². The minimum atomic E-state index is -1.26. The number of benzene rings is 1. The number of carbonyl (C=O) groups is 1. The number of aliphatic hydroxyl groups excluding tert-OH is 1. The average Bonchev–Trinajstić information content (AvgIpc) is 2.92. The lowest BCUT2D eigenvalue weighted by atomic mass is 10.1. The van der Waals surface area contributed by atoms with Crippen molar-refractivity contribution >= 4 is 5.97 Å². The van der Waals surface area contributed by atoms with Gasteiger partial charge in [0, 0.05) is 12.4 Å². The van der Waals surface area contributed by atoms with Crippen molar-refractivity contribution in [2.75, 3.05) is 6.61 Å². The molecule has 1 atom stereocenters. The number of ether oxygens (including phenoxy) is 1.